The summed E-state index contributed by atoms with van der Waals surface area (Å²) < 4.78 is 39.8. The van der Waals surface area contributed by atoms with Crippen LogP contribution in [0.2, 0.25) is 0 Å². The van der Waals surface area contributed by atoms with E-state index in [1.165, 1.54) is 11.1 Å². The van der Waals surface area contributed by atoms with E-state index in [1.54, 1.807) is 16.9 Å². The molecule has 3 heterocycles. The van der Waals surface area contributed by atoms with Crippen molar-refractivity contribution in [3.63, 3.8) is 0 Å². The van der Waals surface area contributed by atoms with Crippen molar-refractivity contribution in [1.29, 1.82) is 0 Å². The van der Waals surface area contributed by atoms with Gasteiger partial charge in [-0.3, -0.25) is 19.0 Å². The zero-order valence-corrected chi connectivity index (χ0v) is 14.6. The van der Waals surface area contributed by atoms with Gasteiger partial charge >= 0.3 is 6.18 Å². The van der Waals surface area contributed by atoms with Crippen LogP contribution in [0.25, 0.3) is 0 Å². The van der Waals surface area contributed by atoms with Crippen LogP contribution in [0, 0.1) is 5.92 Å². The van der Waals surface area contributed by atoms with Crippen LogP contribution in [0.1, 0.15) is 19.0 Å². The Morgan fingerprint density at radius 1 is 1.37 bits per heavy atom. The lowest BCUT2D eigenvalue weighted by Gasteiger charge is -2.14. The second kappa shape index (κ2) is 7.41. The Balaban J connectivity index is 1.59. The molecule has 0 unspecified atom stereocenters. The van der Waals surface area contributed by atoms with Crippen molar-refractivity contribution in [2.24, 2.45) is 5.92 Å². The number of aromatic nitrogens is 4. The molecule has 1 aliphatic rings. The third kappa shape index (κ3) is 4.47. The van der Waals surface area contributed by atoms with Gasteiger partial charge in [-0.15, -0.1) is 0 Å². The van der Waals surface area contributed by atoms with E-state index in [-0.39, 0.29) is 30.5 Å². The smallest absolute Gasteiger partial charge is 0.350 e. The van der Waals surface area contributed by atoms with Crippen molar-refractivity contribution < 1.29 is 22.8 Å². The van der Waals surface area contributed by atoms with Crippen LogP contribution in [-0.4, -0.2) is 44.1 Å². The second-order valence-electron chi connectivity index (χ2n) is 6.27. The Morgan fingerprint density at radius 2 is 2.15 bits per heavy atom. The lowest BCUT2D eigenvalue weighted by atomic mass is 10.1. The second-order valence-corrected chi connectivity index (χ2v) is 6.27. The molecular weight excluding hydrogens is 365 g/mol. The number of hydrogen-bond acceptors (Lipinski definition) is 4. The van der Waals surface area contributed by atoms with Gasteiger partial charge in [0.25, 0.3) is 0 Å². The van der Waals surface area contributed by atoms with Gasteiger partial charge in [0.05, 0.1) is 30.0 Å². The Labute approximate surface area is 152 Å². The average Bonchev–Trinajstić information content (AvgIpc) is 3.30. The van der Waals surface area contributed by atoms with E-state index in [9.17, 15) is 22.8 Å². The normalized spacial score (nSPS) is 17.6. The summed E-state index contributed by atoms with van der Waals surface area (Å²) in [6.07, 6.45) is -0.394. The zero-order chi connectivity index (χ0) is 19.6. The highest BCUT2D eigenvalue weighted by Crippen LogP contribution is 2.26. The molecule has 1 fully saturated rings. The molecule has 27 heavy (non-hydrogen) atoms. The molecular formula is C16H19F3N6O2. The van der Waals surface area contributed by atoms with Crippen LogP contribution in [0.15, 0.2) is 24.7 Å². The molecule has 1 aliphatic heterocycles. The van der Waals surface area contributed by atoms with E-state index in [4.69, 9.17) is 0 Å². The van der Waals surface area contributed by atoms with E-state index in [1.807, 2.05) is 6.92 Å². The average molecular weight is 384 g/mol. The van der Waals surface area contributed by atoms with Crippen LogP contribution in [0.3, 0.4) is 0 Å². The predicted molar refractivity (Wildman–Crippen MR) is 88.5 cm³/mol. The highest BCUT2D eigenvalue weighted by Gasteiger charge is 2.36. The van der Waals surface area contributed by atoms with Gasteiger partial charge in [-0.1, -0.05) is 0 Å². The summed E-state index contributed by atoms with van der Waals surface area (Å²) in [6.45, 7) is 1.78. The molecule has 146 valence electrons. The number of nitrogens with one attached hydrogen (secondary N) is 1. The van der Waals surface area contributed by atoms with Gasteiger partial charge in [0.2, 0.25) is 11.8 Å². The Morgan fingerprint density at radius 3 is 2.85 bits per heavy atom. The summed E-state index contributed by atoms with van der Waals surface area (Å²) >= 11 is 0. The highest BCUT2D eigenvalue weighted by molar-refractivity contribution is 6.00. The number of nitrogens with zero attached hydrogens (tertiary/aromatic N) is 5. The lowest BCUT2D eigenvalue weighted by Crippen LogP contribution is -2.33. The van der Waals surface area contributed by atoms with Crippen molar-refractivity contribution in [2.45, 2.75) is 39.2 Å². The molecule has 2 aromatic heterocycles. The monoisotopic (exact) mass is 384 g/mol. The van der Waals surface area contributed by atoms with Crippen molar-refractivity contribution in [3.8, 4) is 0 Å². The molecule has 0 aliphatic carbocycles. The number of carbonyl (C=O) groups is 2. The molecule has 0 bridgehead atoms. The van der Waals surface area contributed by atoms with Crippen molar-refractivity contribution >= 4 is 17.5 Å². The molecule has 2 aromatic rings. The van der Waals surface area contributed by atoms with Gasteiger partial charge in [-0.2, -0.15) is 23.4 Å². The predicted octanol–water partition coefficient (Wildman–Crippen LogP) is 1.33. The topological polar surface area (TPSA) is 85.1 Å². The van der Waals surface area contributed by atoms with Crippen LogP contribution < -0.4 is 10.2 Å². The fourth-order valence-corrected chi connectivity index (χ4v) is 3.01. The van der Waals surface area contributed by atoms with Gasteiger partial charge in [-0.05, 0) is 13.0 Å². The standard InChI is InChI=1S/C16H19F3N6O2/c1-2-25-12(3-4-21-25)6-20-15(27)11-5-14(26)24(8-11)13-7-22-23(9-13)10-16(17,18)19/h3-4,7,9,11H,2,5-6,8,10H2,1H3,(H,20,27)/t11-/m1/s1. The van der Waals surface area contributed by atoms with Gasteiger partial charge in [0, 0.05) is 31.9 Å². The van der Waals surface area contributed by atoms with E-state index in [2.05, 4.69) is 15.5 Å². The maximum atomic E-state index is 12.4. The fourth-order valence-electron chi connectivity index (χ4n) is 3.01. The molecule has 11 heteroatoms. The van der Waals surface area contributed by atoms with Gasteiger partial charge < -0.3 is 10.2 Å². The third-order valence-electron chi connectivity index (χ3n) is 4.32. The minimum absolute atomic E-state index is 0.00330. The Bertz CT molecular complexity index is 828. The molecule has 1 N–H and O–H groups in total. The summed E-state index contributed by atoms with van der Waals surface area (Å²) in [5.41, 5.74) is 1.10. The molecule has 8 nitrogen and oxygen atoms in total. The third-order valence-corrected chi connectivity index (χ3v) is 4.32. The summed E-state index contributed by atoms with van der Waals surface area (Å²) in [5.74, 6) is -1.17. The summed E-state index contributed by atoms with van der Waals surface area (Å²) in [4.78, 5) is 25.8. The molecule has 3 rings (SSSR count). The first-order valence-electron chi connectivity index (χ1n) is 8.45. The minimum atomic E-state index is -4.40. The first-order chi connectivity index (χ1) is 12.8. The molecule has 2 amide bonds. The maximum absolute atomic E-state index is 12.4. The van der Waals surface area contributed by atoms with E-state index in [0.29, 0.717) is 13.1 Å². The van der Waals surface area contributed by atoms with E-state index in [0.717, 1.165) is 16.6 Å². The maximum Gasteiger partial charge on any atom is 0.408 e. The van der Waals surface area contributed by atoms with Crippen LogP contribution in [0.5, 0.6) is 0 Å². The van der Waals surface area contributed by atoms with Crippen LogP contribution in [0.4, 0.5) is 18.9 Å². The first kappa shape index (κ1) is 18.9. The lowest BCUT2D eigenvalue weighted by molar-refractivity contribution is -0.142. The summed E-state index contributed by atoms with van der Waals surface area (Å²) in [5, 5.41) is 10.5. The molecule has 0 saturated carbocycles. The van der Waals surface area contributed by atoms with E-state index < -0.39 is 18.6 Å². The molecule has 0 aromatic carbocycles. The van der Waals surface area contributed by atoms with E-state index >= 15 is 0 Å². The Kier molecular flexibility index (Phi) is 5.19. The number of carbonyl (C=O) groups excluding carboxylic acids is 2. The SMILES string of the molecule is CCn1nccc1CNC(=O)[C@@H]1CC(=O)N(c2cnn(CC(F)(F)F)c2)C1. The number of hydrogen-bond donors (Lipinski definition) is 1. The molecule has 1 atom stereocenters. The number of amides is 2. The Hall–Kier alpha value is -2.85. The number of halogens is 3. The highest BCUT2D eigenvalue weighted by atomic mass is 19.4. The van der Waals surface area contributed by atoms with Gasteiger partial charge in [-0.25, -0.2) is 0 Å². The van der Waals surface area contributed by atoms with Crippen molar-refractivity contribution in [2.75, 3.05) is 11.4 Å². The van der Waals surface area contributed by atoms with Gasteiger partial charge in [0.15, 0.2) is 0 Å². The number of anilines is 1. The fraction of sp³-hybridized carbons (Fsp3) is 0.500. The largest absolute Gasteiger partial charge is 0.408 e. The van der Waals surface area contributed by atoms with Crippen LogP contribution >= 0.6 is 0 Å². The zero-order valence-electron chi connectivity index (χ0n) is 14.6. The summed E-state index contributed by atoms with van der Waals surface area (Å²) in [6, 6.07) is 1.80. The number of alkyl halides is 3. The van der Waals surface area contributed by atoms with Crippen molar-refractivity contribution in [3.05, 3.63) is 30.4 Å². The molecule has 0 spiro atoms. The first-order valence-corrected chi connectivity index (χ1v) is 8.45. The number of aryl methyl sites for hydroxylation is 1. The minimum Gasteiger partial charge on any atom is -0.350 e. The molecule has 1 saturated heterocycles. The van der Waals surface area contributed by atoms with Crippen molar-refractivity contribution in [1.82, 2.24) is 24.9 Å². The van der Waals surface area contributed by atoms with Gasteiger partial charge in [0.1, 0.15) is 6.54 Å². The summed E-state index contributed by atoms with van der Waals surface area (Å²) in [7, 11) is 0. The molecule has 0 radical (unpaired) electrons. The number of rotatable bonds is 6. The quantitative estimate of drug-likeness (QED) is 0.814. The van der Waals surface area contributed by atoms with Crippen LogP contribution in [-0.2, 0) is 29.2 Å².